The molecule has 1 amide bonds. The van der Waals surface area contributed by atoms with Crippen LogP contribution in [-0.4, -0.2) is 57.0 Å². The van der Waals surface area contributed by atoms with Gasteiger partial charge in [-0.1, -0.05) is 30.3 Å². The number of aliphatic hydroxyl groups is 1. The summed E-state index contributed by atoms with van der Waals surface area (Å²) in [7, 11) is 2.02. The quantitative estimate of drug-likeness (QED) is 0.895. The Hall–Kier alpha value is -2.31. The molecule has 6 heteroatoms. The van der Waals surface area contributed by atoms with E-state index in [1.54, 1.807) is 35.5 Å². The summed E-state index contributed by atoms with van der Waals surface area (Å²) in [5.41, 5.74) is 0.636. The van der Waals surface area contributed by atoms with Gasteiger partial charge < -0.3 is 10.0 Å². The highest BCUT2D eigenvalue weighted by molar-refractivity contribution is 5.82. The zero-order valence-electron chi connectivity index (χ0n) is 13.7. The van der Waals surface area contributed by atoms with Crippen LogP contribution in [0.4, 0.5) is 0 Å². The second kappa shape index (κ2) is 7.51. The van der Waals surface area contributed by atoms with Gasteiger partial charge in [-0.25, -0.2) is 9.97 Å². The molecule has 2 atom stereocenters. The predicted octanol–water partition coefficient (Wildman–Crippen LogP) is 1.24. The number of likely N-dealkylation sites (N-methyl/N-ethyl adjacent to an activating group) is 1. The van der Waals surface area contributed by atoms with Gasteiger partial charge in [-0.15, -0.1) is 0 Å². The maximum absolute atomic E-state index is 12.5. The van der Waals surface area contributed by atoms with E-state index >= 15 is 0 Å². The van der Waals surface area contributed by atoms with Gasteiger partial charge in [-0.2, -0.15) is 0 Å². The SMILES string of the molecule is CN(Cc1ncccn1)[C@H]1CCN(C(=O)[C@H](O)c2ccccc2)C1. The van der Waals surface area contributed by atoms with Gasteiger partial charge in [0.25, 0.3) is 5.91 Å². The molecule has 6 nitrogen and oxygen atoms in total. The average Bonchev–Trinajstić information content (AvgIpc) is 3.12. The fraction of sp³-hybridized carbons (Fsp3) is 0.389. The summed E-state index contributed by atoms with van der Waals surface area (Å²) in [6, 6.07) is 11.1. The largest absolute Gasteiger partial charge is 0.378 e. The Morgan fingerprint density at radius 2 is 2.00 bits per heavy atom. The average molecular weight is 326 g/mol. The van der Waals surface area contributed by atoms with Gasteiger partial charge in [0.1, 0.15) is 5.82 Å². The van der Waals surface area contributed by atoms with Crippen molar-refractivity contribution in [2.75, 3.05) is 20.1 Å². The molecule has 1 aliphatic heterocycles. The van der Waals surface area contributed by atoms with Crippen LogP contribution in [0.5, 0.6) is 0 Å². The monoisotopic (exact) mass is 326 g/mol. The van der Waals surface area contributed by atoms with Crippen LogP contribution < -0.4 is 0 Å². The molecule has 3 rings (SSSR count). The van der Waals surface area contributed by atoms with E-state index in [1.165, 1.54) is 0 Å². The summed E-state index contributed by atoms with van der Waals surface area (Å²) in [4.78, 5) is 24.9. The molecule has 1 fully saturated rings. The van der Waals surface area contributed by atoms with Crippen LogP contribution >= 0.6 is 0 Å². The normalized spacial score (nSPS) is 18.8. The number of carbonyl (C=O) groups is 1. The minimum Gasteiger partial charge on any atom is -0.378 e. The fourth-order valence-corrected chi connectivity index (χ4v) is 3.02. The standard InChI is InChI=1S/C18H22N4O2/c1-21(13-16-19-9-5-10-20-16)15-8-11-22(12-15)18(24)17(23)14-6-3-2-4-7-14/h2-7,9-10,15,17,23H,8,11-13H2,1H3/t15-,17+/m0/s1. The molecular weight excluding hydrogens is 304 g/mol. The van der Waals surface area contributed by atoms with E-state index < -0.39 is 6.10 Å². The molecule has 2 aromatic rings. The van der Waals surface area contributed by atoms with Gasteiger partial charge in [0.05, 0.1) is 6.54 Å². The lowest BCUT2D eigenvalue weighted by Crippen LogP contribution is -2.38. The number of benzene rings is 1. The Morgan fingerprint density at radius 1 is 1.29 bits per heavy atom. The summed E-state index contributed by atoms with van der Waals surface area (Å²) in [5, 5.41) is 10.3. The van der Waals surface area contributed by atoms with E-state index in [0.29, 0.717) is 25.2 Å². The van der Waals surface area contributed by atoms with E-state index in [4.69, 9.17) is 0 Å². The lowest BCUT2D eigenvalue weighted by atomic mass is 10.1. The van der Waals surface area contributed by atoms with Crippen molar-refractivity contribution in [1.29, 1.82) is 0 Å². The number of rotatable bonds is 5. The summed E-state index contributed by atoms with van der Waals surface area (Å²) >= 11 is 0. The molecular formula is C18H22N4O2. The van der Waals surface area contributed by atoms with E-state index in [-0.39, 0.29) is 11.9 Å². The van der Waals surface area contributed by atoms with Crippen molar-refractivity contribution in [3.8, 4) is 0 Å². The van der Waals surface area contributed by atoms with Crippen molar-refractivity contribution in [3.05, 3.63) is 60.2 Å². The number of aliphatic hydroxyl groups excluding tert-OH is 1. The Labute approximate surface area is 141 Å². The zero-order chi connectivity index (χ0) is 16.9. The Kier molecular flexibility index (Phi) is 5.17. The van der Waals surface area contributed by atoms with Gasteiger partial charge in [-0.05, 0) is 25.1 Å². The van der Waals surface area contributed by atoms with Gasteiger partial charge in [-0.3, -0.25) is 9.69 Å². The van der Waals surface area contributed by atoms with Crippen molar-refractivity contribution in [2.24, 2.45) is 0 Å². The lowest BCUT2D eigenvalue weighted by molar-refractivity contribution is -0.139. The fourth-order valence-electron chi connectivity index (χ4n) is 3.02. The van der Waals surface area contributed by atoms with Crippen molar-refractivity contribution in [3.63, 3.8) is 0 Å². The summed E-state index contributed by atoms with van der Waals surface area (Å²) < 4.78 is 0. The third-order valence-corrected chi connectivity index (χ3v) is 4.46. The van der Waals surface area contributed by atoms with Crippen LogP contribution in [0.25, 0.3) is 0 Å². The lowest BCUT2D eigenvalue weighted by Gasteiger charge is -2.25. The second-order valence-electron chi connectivity index (χ2n) is 6.12. The van der Waals surface area contributed by atoms with Crippen LogP contribution in [-0.2, 0) is 11.3 Å². The summed E-state index contributed by atoms with van der Waals surface area (Å²) in [5.74, 6) is 0.544. The van der Waals surface area contributed by atoms with Crippen molar-refractivity contribution < 1.29 is 9.90 Å². The molecule has 1 saturated heterocycles. The Bertz CT molecular complexity index is 665. The van der Waals surface area contributed by atoms with Crippen LogP contribution in [0.2, 0.25) is 0 Å². The first kappa shape index (κ1) is 16.5. The number of hydrogen-bond acceptors (Lipinski definition) is 5. The van der Waals surface area contributed by atoms with Crippen molar-refractivity contribution in [2.45, 2.75) is 25.1 Å². The molecule has 24 heavy (non-hydrogen) atoms. The minimum absolute atomic E-state index is 0.229. The van der Waals surface area contributed by atoms with Crippen LogP contribution in [0.3, 0.4) is 0 Å². The zero-order valence-corrected chi connectivity index (χ0v) is 13.7. The molecule has 2 heterocycles. The number of aromatic nitrogens is 2. The Balaban J connectivity index is 1.57. The third kappa shape index (κ3) is 3.77. The first-order valence-corrected chi connectivity index (χ1v) is 8.13. The van der Waals surface area contributed by atoms with Crippen molar-refractivity contribution >= 4 is 5.91 Å². The number of hydrogen-bond donors (Lipinski definition) is 1. The molecule has 1 aromatic carbocycles. The number of likely N-dealkylation sites (tertiary alicyclic amines) is 1. The molecule has 0 unspecified atom stereocenters. The second-order valence-corrected chi connectivity index (χ2v) is 6.12. The van der Waals surface area contributed by atoms with Gasteiger partial charge >= 0.3 is 0 Å². The molecule has 126 valence electrons. The number of amides is 1. The van der Waals surface area contributed by atoms with Gasteiger partial charge in [0.15, 0.2) is 6.10 Å². The van der Waals surface area contributed by atoms with Crippen LogP contribution in [0.15, 0.2) is 48.8 Å². The topological polar surface area (TPSA) is 69.6 Å². The van der Waals surface area contributed by atoms with E-state index in [0.717, 1.165) is 12.2 Å². The summed E-state index contributed by atoms with van der Waals surface area (Å²) in [6.45, 7) is 1.92. The van der Waals surface area contributed by atoms with Crippen molar-refractivity contribution in [1.82, 2.24) is 19.8 Å². The number of carbonyl (C=O) groups excluding carboxylic acids is 1. The molecule has 0 saturated carbocycles. The summed E-state index contributed by atoms with van der Waals surface area (Å²) in [6.07, 6.45) is 3.26. The molecule has 1 aliphatic rings. The molecule has 0 aliphatic carbocycles. The van der Waals surface area contributed by atoms with Gasteiger partial charge in [0.2, 0.25) is 0 Å². The Morgan fingerprint density at radius 3 is 2.71 bits per heavy atom. The highest BCUT2D eigenvalue weighted by atomic mass is 16.3. The van der Waals surface area contributed by atoms with E-state index in [9.17, 15) is 9.90 Å². The van der Waals surface area contributed by atoms with E-state index in [2.05, 4.69) is 14.9 Å². The molecule has 1 aromatic heterocycles. The highest BCUT2D eigenvalue weighted by Gasteiger charge is 2.32. The van der Waals surface area contributed by atoms with Crippen LogP contribution in [0, 0.1) is 0 Å². The smallest absolute Gasteiger partial charge is 0.256 e. The van der Waals surface area contributed by atoms with E-state index in [1.807, 2.05) is 25.2 Å². The third-order valence-electron chi connectivity index (χ3n) is 4.46. The maximum Gasteiger partial charge on any atom is 0.256 e. The van der Waals surface area contributed by atoms with Gasteiger partial charge in [0, 0.05) is 31.5 Å². The minimum atomic E-state index is -1.09. The maximum atomic E-state index is 12.5. The number of nitrogens with zero attached hydrogens (tertiary/aromatic N) is 4. The molecule has 0 bridgehead atoms. The first-order valence-electron chi connectivity index (χ1n) is 8.13. The molecule has 0 spiro atoms. The highest BCUT2D eigenvalue weighted by Crippen LogP contribution is 2.21. The molecule has 0 radical (unpaired) electrons. The first-order chi connectivity index (χ1) is 11.6. The predicted molar refractivity (Wildman–Crippen MR) is 89.9 cm³/mol. The molecule has 1 N–H and O–H groups in total. The van der Waals surface area contributed by atoms with Crippen LogP contribution in [0.1, 0.15) is 23.9 Å².